The Balaban J connectivity index is 1.85. The molecule has 0 unspecified atom stereocenters. The van der Waals surface area contributed by atoms with Crippen LogP contribution >= 0.6 is 0 Å². The van der Waals surface area contributed by atoms with Gasteiger partial charge in [-0.1, -0.05) is 13.0 Å². The van der Waals surface area contributed by atoms with Gasteiger partial charge in [0.2, 0.25) is 5.91 Å². The Morgan fingerprint density at radius 2 is 1.56 bits per heavy atom. The number of ether oxygens (including phenoxy) is 2. The molecule has 0 radical (unpaired) electrons. The summed E-state index contributed by atoms with van der Waals surface area (Å²) in [6, 6.07) is 14.0. The van der Waals surface area contributed by atoms with Gasteiger partial charge in [0.05, 0.1) is 6.61 Å². The lowest BCUT2D eigenvalue weighted by Crippen LogP contribution is -2.20. The van der Waals surface area contributed by atoms with Gasteiger partial charge in [-0.3, -0.25) is 9.59 Å². The lowest BCUT2D eigenvalue weighted by atomic mass is 10.3. The van der Waals surface area contributed by atoms with E-state index in [0.29, 0.717) is 30.2 Å². The average Bonchev–Trinajstić information content (AvgIpc) is 2.62. The molecule has 2 aromatic carbocycles. The molecule has 0 bridgehead atoms. The first-order chi connectivity index (χ1) is 12.1. The number of carbonyl (C=O) groups is 2. The molecule has 2 N–H and O–H groups in total. The van der Waals surface area contributed by atoms with Crippen LogP contribution in [0.15, 0.2) is 48.5 Å². The maximum absolute atomic E-state index is 12.0. The molecule has 0 heterocycles. The first-order valence-corrected chi connectivity index (χ1v) is 8.16. The van der Waals surface area contributed by atoms with Gasteiger partial charge in [0.25, 0.3) is 5.91 Å². The van der Waals surface area contributed by atoms with E-state index < -0.39 is 0 Å². The molecule has 0 saturated heterocycles. The van der Waals surface area contributed by atoms with Gasteiger partial charge in [-0.15, -0.1) is 0 Å². The standard InChI is InChI=1S/C19H22N2O4/c1-3-18(22)21-15-6-5-7-17(12-15)25-13-19(23)20-14-8-10-16(11-9-14)24-4-2/h5-12H,3-4,13H2,1-2H3,(H,20,23)(H,21,22). The third-order valence-corrected chi connectivity index (χ3v) is 3.26. The minimum Gasteiger partial charge on any atom is -0.494 e. The van der Waals surface area contributed by atoms with E-state index in [1.807, 2.05) is 6.92 Å². The molecule has 132 valence electrons. The van der Waals surface area contributed by atoms with Crippen LogP contribution in [0.3, 0.4) is 0 Å². The normalized spacial score (nSPS) is 10.0. The van der Waals surface area contributed by atoms with Crippen LogP contribution in [-0.2, 0) is 9.59 Å². The van der Waals surface area contributed by atoms with Gasteiger partial charge in [-0.2, -0.15) is 0 Å². The molecular formula is C19H22N2O4. The summed E-state index contributed by atoms with van der Waals surface area (Å²) in [5, 5.41) is 5.49. The van der Waals surface area contributed by atoms with Gasteiger partial charge in [0.1, 0.15) is 11.5 Å². The maximum atomic E-state index is 12.0. The highest BCUT2D eigenvalue weighted by atomic mass is 16.5. The first kappa shape index (κ1) is 18.3. The van der Waals surface area contributed by atoms with Crippen molar-refractivity contribution in [2.75, 3.05) is 23.8 Å². The highest BCUT2D eigenvalue weighted by Crippen LogP contribution is 2.18. The van der Waals surface area contributed by atoms with Crippen LogP contribution in [0.25, 0.3) is 0 Å². The van der Waals surface area contributed by atoms with Crippen LogP contribution in [0.4, 0.5) is 11.4 Å². The highest BCUT2D eigenvalue weighted by molar-refractivity contribution is 5.92. The van der Waals surface area contributed by atoms with Gasteiger partial charge >= 0.3 is 0 Å². The monoisotopic (exact) mass is 342 g/mol. The molecule has 0 atom stereocenters. The van der Waals surface area contributed by atoms with Crippen LogP contribution in [-0.4, -0.2) is 25.0 Å². The third kappa shape index (κ3) is 6.18. The van der Waals surface area contributed by atoms with Crippen LogP contribution in [0.5, 0.6) is 11.5 Å². The number of amides is 2. The predicted molar refractivity (Wildman–Crippen MR) is 97.1 cm³/mol. The predicted octanol–water partition coefficient (Wildman–Crippen LogP) is 3.45. The van der Waals surface area contributed by atoms with Gasteiger partial charge in [-0.05, 0) is 43.3 Å². The summed E-state index contributed by atoms with van der Waals surface area (Å²) >= 11 is 0. The number of hydrogen-bond acceptors (Lipinski definition) is 4. The van der Waals surface area contributed by atoms with E-state index in [9.17, 15) is 9.59 Å². The van der Waals surface area contributed by atoms with Crippen LogP contribution in [0, 0.1) is 0 Å². The van der Waals surface area contributed by atoms with Crippen molar-refractivity contribution in [3.8, 4) is 11.5 Å². The Kier molecular flexibility index (Phi) is 6.83. The van der Waals surface area contributed by atoms with E-state index in [4.69, 9.17) is 9.47 Å². The Labute approximate surface area is 147 Å². The fourth-order valence-electron chi connectivity index (χ4n) is 2.06. The number of nitrogens with one attached hydrogen (secondary N) is 2. The van der Waals surface area contributed by atoms with E-state index in [1.165, 1.54) is 0 Å². The van der Waals surface area contributed by atoms with Crippen LogP contribution in [0.1, 0.15) is 20.3 Å². The molecule has 2 aromatic rings. The molecule has 0 aliphatic carbocycles. The first-order valence-electron chi connectivity index (χ1n) is 8.16. The van der Waals surface area contributed by atoms with Gasteiger partial charge < -0.3 is 20.1 Å². The molecule has 0 aromatic heterocycles. The molecule has 0 fully saturated rings. The summed E-state index contributed by atoms with van der Waals surface area (Å²) < 4.78 is 10.8. The van der Waals surface area contributed by atoms with Gasteiger partial charge in [0, 0.05) is 23.9 Å². The Morgan fingerprint density at radius 3 is 2.24 bits per heavy atom. The lowest BCUT2D eigenvalue weighted by molar-refractivity contribution is -0.118. The topological polar surface area (TPSA) is 76.7 Å². The molecule has 6 nitrogen and oxygen atoms in total. The van der Waals surface area contributed by atoms with Crippen molar-refractivity contribution in [1.82, 2.24) is 0 Å². The van der Waals surface area contributed by atoms with Crippen molar-refractivity contribution in [3.63, 3.8) is 0 Å². The molecule has 0 aliphatic rings. The van der Waals surface area contributed by atoms with E-state index in [-0.39, 0.29) is 18.4 Å². The zero-order chi connectivity index (χ0) is 18.1. The average molecular weight is 342 g/mol. The summed E-state index contributed by atoms with van der Waals surface area (Å²) in [5.41, 5.74) is 1.30. The summed E-state index contributed by atoms with van der Waals surface area (Å²) in [6.45, 7) is 4.16. The second-order valence-electron chi connectivity index (χ2n) is 5.22. The number of hydrogen-bond donors (Lipinski definition) is 2. The SMILES string of the molecule is CCOc1ccc(NC(=O)COc2cccc(NC(=O)CC)c2)cc1. The van der Waals surface area contributed by atoms with Crippen molar-refractivity contribution in [3.05, 3.63) is 48.5 Å². The molecule has 0 saturated carbocycles. The van der Waals surface area contributed by atoms with Crippen LogP contribution < -0.4 is 20.1 Å². The van der Waals surface area contributed by atoms with Crippen molar-refractivity contribution in [1.29, 1.82) is 0 Å². The summed E-state index contributed by atoms with van der Waals surface area (Å²) in [7, 11) is 0. The third-order valence-electron chi connectivity index (χ3n) is 3.26. The van der Waals surface area contributed by atoms with Crippen molar-refractivity contribution in [2.45, 2.75) is 20.3 Å². The molecule has 6 heteroatoms. The summed E-state index contributed by atoms with van der Waals surface area (Å²) in [5.74, 6) is 0.913. The minimum absolute atomic E-state index is 0.0783. The van der Waals surface area contributed by atoms with Crippen LogP contribution in [0.2, 0.25) is 0 Å². The molecule has 2 amide bonds. The molecule has 0 spiro atoms. The lowest BCUT2D eigenvalue weighted by Gasteiger charge is -2.10. The number of carbonyl (C=O) groups excluding carboxylic acids is 2. The fraction of sp³-hybridized carbons (Fsp3) is 0.263. The minimum atomic E-state index is -0.271. The largest absolute Gasteiger partial charge is 0.494 e. The van der Waals surface area contributed by atoms with E-state index >= 15 is 0 Å². The summed E-state index contributed by atoms with van der Waals surface area (Å²) in [4.78, 5) is 23.4. The van der Waals surface area contributed by atoms with Crippen molar-refractivity contribution < 1.29 is 19.1 Å². The van der Waals surface area contributed by atoms with Gasteiger partial charge in [0.15, 0.2) is 6.61 Å². The molecule has 0 aliphatic heterocycles. The molecule has 25 heavy (non-hydrogen) atoms. The van der Waals surface area contributed by atoms with E-state index in [2.05, 4.69) is 10.6 Å². The van der Waals surface area contributed by atoms with Crippen molar-refractivity contribution >= 4 is 23.2 Å². The molecular weight excluding hydrogens is 320 g/mol. The Bertz CT molecular complexity index is 714. The highest BCUT2D eigenvalue weighted by Gasteiger charge is 2.05. The number of benzene rings is 2. The van der Waals surface area contributed by atoms with Gasteiger partial charge in [-0.25, -0.2) is 0 Å². The maximum Gasteiger partial charge on any atom is 0.262 e. The zero-order valence-corrected chi connectivity index (χ0v) is 14.4. The Morgan fingerprint density at radius 1 is 0.840 bits per heavy atom. The molecule has 2 rings (SSSR count). The fourth-order valence-corrected chi connectivity index (χ4v) is 2.06. The summed E-state index contributed by atoms with van der Waals surface area (Å²) in [6.07, 6.45) is 0.398. The zero-order valence-electron chi connectivity index (χ0n) is 14.4. The second kappa shape index (κ2) is 9.32. The second-order valence-corrected chi connectivity index (χ2v) is 5.22. The Hall–Kier alpha value is -3.02. The van der Waals surface area contributed by atoms with Crippen molar-refractivity contribution in [2.24, 2.45) is 0 Å². The van der Waals surface area contributed by atoms with E-state index in [1.54, 1.807) is 55.5 Å². The number of anilines is 2. The number of rotatable bonds is 8. The smallest absolute Gasteiger partial charge is 0.262 e. The van der Waals surface area contributed by atoms with E-state index in [0.717, 1.165) is 5.75 Å². The quantitative estimate of drug-likeness (QED) is 0.770.